The number of hydrogen-bond donors (Lipinski definition) is 2. The van der Waals surface area contributed by atoms with Crippen molar-refractivity contribution < 1.29 is 9.47 Å². The van der Waals surface area contributed by atoms with Crippen LogP contribution < -0.4 is 15.4 Å². The standard InChI is InChI=1S/C24H25N3O2S/c30-23(26-18-24(13-15-28-16-14-24)19-7-3-1-4-8-19)27-20-11-12-22(25-17-20)29-21-9-5-2-6-10-21/h1-12,17H,13-16,18H2,(H2,26,27,30). The Morgan fingerprint density at radius 2 is 1.67 bits per heavy atom. The van der Waals surface area contributed by atoms with Crippen LogP contribution in [0.15, 0.2) is 79.0 Å². The van der Waals surface area contributed by atoms with Crippen LogP contribution >= 0.6 is 12.2 Å². The average Bonchev–Trinajstić information content (AvgIpc) is 2.81. The van der Waals surface area contributed by atoms with E-state index >= 15 is 0 Å². The molecule has 0 bridgehead atoms. The molecule has 0 spiro atoms. The van der Waals surface area contributed by atoms with Gasteiger partial charge in [0.05, 0.1) is 11.9 Å². The van der Waals surface area contributed by atoms with Crippen LogP contribution in [0.2, 0.25) is 0 Å². The van der Waals surface area contributed by atoms with Crippen LogP contribution in [0.25, 0.3) is 0 Å². The Bertz CT molecular complexity index is 943. The van der Waals surface area contributed by atoms with E-state index in [0.717, 1.165) is 44.0 Å². The molecule has 1 aliphatic heterocycles. The third-order valence-corrected chi connectivity index (χ3v) is 5.63. The number of hydrogen-bond acceptors (Lipinski definition) is 4. The van der Waals surface area contributed by atoms with Gasteiger partial charge in [-0.1, -0.05) is 48.5 Å². The summed E-state index contributed by atoms with van der Waals surface area (Å²) in [6.45, 7) is 2.29. The van der Waals surface area contributed by atoms with Crippen LogP contribution in [0.5, 0.6) is 11.6 Å². The Balaban J connectivity index is 1.34. The second-order valence-electron chi connectivity index (χ2n) is 7.37. The Morgan fingerprint density at radius 3 is 2.33 bits per heavy atom. The molecule has 1 saturated heterocycles. The molecule has 2 N–H and O–H groups in total. The minimum Gasteiger partial charge on any atom is -0.439 e. The first kappa shape index (κ1) is 20.3. The van der Waals surface area contributed by atoms with E-state index in [2.05, 4.69) is 39.9 Å². The highest BCUT2D eigenvalue weighted by molar-refractivity contribution is 7.80. The molecule has 154 valence electrons. The van der Waals surface area contributed by atoms with Gasteiger partial charge in [-0.05, 0) is 48.8 Å². The Morgan fingerprint density at radius 1 is 0.967 bits per heavy atom. The minimum absolute atomic E-state index is 0.0247. The molecule has 1 aliphatic rings. The van der Waals surface area contributed by atoms with Gasteiger partial charge in [0.25, 0.3) is 0 Å². The van der Waals surface area contributed by atoms with E-state index in [0.29, 0.717) is 11.0 Å². The number of rotatable bonds is 6. The highest BCUT2D eigenvalue weighted by atomic mass is 32.1. The first-order chi connectivity index (χ1) is 14.7. The molecule has 2 aromatic carbocycles. The smallest absolute Gasteiger partial charge is 0.219 e. The van der Waals surface area contributed by atoms with Crippen LogP contribution in [0, 0.1) is 0 Å². The van der Waals surface area contributed by atoms with Crippen molar-refractivity contribution in [3.8, 4) is 11.6 Å². The summed E-state index contributed by atoms with van der Waals surface area (Å²) in [4.78, 5) is 4.35. The average molecular weight is 420 g/mol. The third-order valence-electron chi connectivity index (χ3n) is 5.38. The van der Waals surface area contributed by atoms with E-state index in [9.17, 15) is 0 Å². The second kappa shape index (κ2) is 9.69. The molecule has 1 aromatic heterocycles. The normalized spacial score (nSPS) is 15.2. The lowest BCUT2D eigenvalue weighted by Crippen LogP contribution is -2.45. The number of anilines is 1. The van der Waals surface area contributed by atoms with Crippen molar-refractivity contribution >= 4 is 23.0 Å². The minimum atomic E-state index is 0.0247. The predicted octanol–water partition coefficient (Wildman–Crippen LogP) is 4.91. The van der Waals surface area contributed by atoms with E-state index in [1.54, 1.807) is 6.20 Å². The summed E-state index contributed by atoms with van der Waals surface area (Å²) in [5.41, 5.74) is 2.16. The predicted molar refractivity (Wildman–Crippen MR) is 123 cm³/mol. The monoisotopic (exact) mass is 419 g/mol. The zero-order valence-electron chi connectivity index (χ0n) is 16.7. The largest absolute Gasteiger partial charge is 0.439 e. The molecule has 5 nitrogen and oxygen atoms in total. The van der Waals surface area contributed by atoms with Gasteiger partial charge in [-0.2, -0.15) is 0 Å². The van der Waals surface area contributed by atoms with Crippen molar-refractivity contribution in [2.75, 3.05) is 25.1 Å². The van der Waals surface area contributed by atoms with Gasteiger partial charge in [0.1, 0.15) is 5.75 Å². The van der Waals surface area contributed by atoms with Crippen molar-refractivity contribution in [1.82, 2.24) is 10.3 Å². The lowest BCUT2D eigenvalue weighted by molar-refractivity contribution is 0.0515. The molecule has 0 saturated carbocycles. The number of para-hydroxylation sites is 1. The number of nitrogens with one attached hydrogen (secondary N) is 2. The van der Waals surface area contributed by atoms with E-state index < -0.39 is 0 Å². The molecular weight excluding hydrogens is 394 g/mol. The van der Waals surface area contributed by atoms with Gasteiger partial charge < -0.3 is 20.1 Å². The molecule has 1 fully saturated rings. The van der Waals surface area contributed by atoms with Crippen LogP contribution in [0.4, 0.5) is 5.69 Å². The zero-order valence-corrected chi connectivity index (χ0v) is 17.5. The van der Waals surface area contributed by atoms with E-state index in [-0.39, 0.29) is 5.41 Å². The molecule has 6 heteroatoms. The Kier molecular flexibility index (Phi) is 6.57. The Hall–Kier alpha value is -2.96. The molecule has 0 amide bonds. The number of nitrogens with zero attached hydrogens (tertiary/aromatic N) is 1. The first-order valence-electron chi connectivity index (χ1n) is 10.1. The molecule has 0 aliphatic carbocycles. The highest BCUT2D eigenvalue weighted by Gasteiger charge is 2.34. The maximum absolute atomic E-state index is 5.73. The second-order valence-corrected chi connectivity index (χ2v) is 7.77. The summed E-state index contributed by atoms with van der Waals surface area (Å²) in [6.07, 6.45) is 3.66. The van der Waals surface area contributed by atoms with Gasteiger partial charge in [-0.15, -0.1) is 0 Å². The molecule has 0 unspecified atom stereocenters. The molecular formula is C24H25N3O2S. The van der Waals surface area contributed by atoms with E-state index in [1.807, 2.05) is 48.5 Å². The topological polar surface area (TPSA) is 55.4 Å². The fourth-order valence-electron chi connectivity index (χ4n) is 3.67. The SMILES string of the molecule is S=C(NCC1(c2ccccc2)CCOCC1)Nc1ccc(Oc2ccccc2)nc1. The molecule has 0 radical (unpaired) electrons. The first-order valence-corrected chi connectivity index (χ1v) is 10.5. The van der Waals surface area contributed by atoms with Crippen molar-refractivity contribution in [1.29, 1.82) is 0 Å². The lowest BCUT2D eigenvalue weighted by atomic mass is 9.74. The molecule has 2 heterocycles. The van der Waals surface area contributed by atoms with Gasteiger partial charge in [0.15, 0.2) is 5.11 Å². The van der Waals surface area contributed by atoms with Gasteiger partial charge in [-0.25, -0.2) is 4.98 Å². The van der Waals surface area contributed by atoms with Crippen LogP contribution in [0.1, 0.15) is 18.4 Å². The fraction of sp³-hybridized carbons (Fsp3) is 0.250. The van der Waals surface area contributed by atoms with Gasteiger partial charge in [-0.3, -0.25) is 0 Å². The number of aromatic nitrogens is 1. The van der Waals surface area contributed by atoms with Gasteiger partial charge in [0, 0.05) is 31.2 Å². The third kappa shape index (κ3) is 5.14. The number of ether oxygens (including phenoxy) is 2. The van der Waals surface area contributed by atoms with Crippen molar-refractivity contribution in [2.24, 2.45) is 0 Å². The van der Waals surface area contributed by atoms with Crippen LogP contribution in [-0.4, -0.2) is 29.9 Å². The lowest BCUT2D eigenvalue weighted by Gasteiger charge is -2.38. The van der Waals surface area contributed by atoms with Crippen LogP contribution in [-0.2, 0) is 10.2 Å². The summed E-state index contributed by atoms with van der Waals surface area (Å²) in [7, 11) is 0. The molecule has 0 atom stereocenters. The van der Waals surface area contributed by atoms with E-state index in [1.165, 1.54) is 5.56 Å². The quantitative estimate of drug-likeness (QED) is 0.554. The van der Waals surface area contributed by atoms with Crippen molar-refractivity contribution in [2.45, 2.75) is 18.3 Å². The number of benzene rings is 2. The zero-order chi connectivity index (χ0) is 20.7. The number of pyridine rings is 1. The van der Waals surface area contributed by atoms with Crippen molar-refractivity contribution in [3.63, 3.8) is 0 Å². The van der Waals surface area contributed by atoms with E-state index in [4.69, 9.17) is 21.7 Å². The molecule has 3 aromatic rings. The fourth-order valence-corrected chi connectivity index (χ4v) is 3.86. The van der Waals surface area contributed by atoms with Crippen LogP contribution in [0.3, 0.4) is 0 Å². The summed E-state index contributed by atoms with van der Waals surface area (Å²) >= 11 is 5.53. The summed E-state index contributed by atoms with van der Waals surface area (Å²) in [5.74, 6) is 1.29. The highest BCUT2D eigenvalue weighted by Crippen LogP contribution is 2.34. The molecule has 4 rings (SSSR count). The summed E-state index contributed by atoms with van der Waals surface area (Å²) in [5, 5.41) is 7.19. The molecule has 30 heavy (non-hydrogen) atoms. The maximum atomic E-state index is 5.73. The van der Waals surface area contributed by atoms with Gasteiger partial charge >= 0.3 is 0 Å². The van der Waals surface area contributed by atoms with Crippen molar-refractivity contribution in [3.05, 3.63) is 84.6 Å². The Labute approximate surface area is 182 Å². The summed E-state index contributed by atoms with van der Waals surface area (Å²) < 4.78 is 11.3. The summed E-state index contributed by atoms with van der Waals surface area (Å²) in [6, 6.07) is 23.9. The van der Waals surface area contributed by atoms with Gasteiger partial charge in [0.2, 0.25) is 5.88 Å². The maximum Gasteiger partial charge on any atom is 0.219 e. The number of thiocarbonyl (C=S) groups is 1.